The van der Waals surface area contributed by atoms with Crippen molar-refractivity contribution in [3.63, 3.8) is 0 Å². The molecule has 2 atom stereocenters. The lowest BCUT2D eigenvalue weighted by atomic mass is 9.75. The molecule has 0 bridgehead atoms. The zero-order valence-corrected chi connectivity index (χ0v) is 11.6. The highest BCUT2D eigenvalue weighted by atomic mass is 16.6. The summed E-state index contributed by atoms with van der Waals surface area (Å²) < 4.78 is 5.05. The smallest absolute Gasteiger partial charge is 0.343 e. The van der Waals surface area contributed by atoms with E-state index in [9.17, 15) is 20.1 Å². The number of phenols is 2. The first-order chi connectivity index (χ1) is 9.35. The zero-order chi connectivity index (χ0) is 14.7. The highest BCUT2D eigenvalue weighted by Crippen LogP contribution is 2.50. The Kier molecular flexibility index (Phi) is 2.73. The van der Waals surface area contributed by atoms with Gasteiger partial charge in [0, 0.05) is 16.7 Å². The van der Waals surface area contributed by atoms with Crippen LogP contribution >= 0.6 is 0 Å². The van der Waals surface area contributed by atoms with Crippen molar-refractivity contribution < 1.29 is 24.9 Å². The van der Waals surface area contributed by atoms with E-state index in [2.05, 4.69) is 0 Å². The van der Waals surface area contributed by atoms with Gasteiger partial charge in [-0.15, -0.1) is 0 Å². The molecule has 1 aromatic rings. The van der Waals surface area contributed by atoms with Crippen LogP contribution in [0.3, 0.4) is 0 Å². The van der Waals surface area contributed by atoms with Gasteiger partial charge in [0.15, 0.2) is 17.1 Å². The Morgan fingerprint density at radius 2 is 1.95 bits per heavy atom. The topological polar surface area (TPSA) is 87.0 Å². The number of esters is 1. The Bertz CT molecular complexity index is 603. The fraction of sp³-hybridized carbons (Fsp3) is 0.533. The minimum atomic E-state index is -1.93. The lowest BCUT2D eigenvalue weighted by molar-refractivity contribution is -0.169. The predicted octanol–water partition coefficient (Wildman–Crippen LogP) is 1.80. The third-order valence-electron chi connectivity index (χ3n) is 4.49. The Balaban J connectivity index is 2.37. The van der Waals surface area contributed by atoms with Crippen molar-refractivity contribution in [2.24, 2.45) is 0 Å². The van der Waals surface area contributed by atoms with Crippen LogP contribution in [0.2, 0.25) is 0 Å². The molecular weight excluding hydrogens is 260 g/mol. The number of hydrogen-bond acceptors (Lipinski definition) is 5. The maximum Gasteiger partial charge on any atom is 0.343 e. The van der Waals surface area contributed by atoms with E-state index < -0.39 is 17.3 Å². The van der Waals surface area contributed by atoms with E-state index in [0.717, 1.165) is 18.4 Å². The predicted molar refractivity (Wildman–Crippen MR) is 70.5 cm³/mol. The molecule has 2 aliphatic rings. The molecule has 0 spiro atoms. The van der Waals surface area contributed by atoms with Crippen molar-refractivity contribution in [1.29, 1.82) is 0 Å². The molecule has 1 aliphatic carbocycles. The summed E-state index contributed by atoms with van der Waals surface area (Å²) in [5.74, 6) is -1.20. The van der Waals surface area contributed by atoms with Crippen LogP contribution in [0.1, 0.15) is 54.9 Å². The number of carbonyl (C=O) groups is 1. The lowest BCUT2D eigenvalue weighted by Crippen LogP contribution is -2.39. The van der Waals surface area contributed by atoms with E-state index in [1.165, 1.54) is 6.92 Å². The maximum absolute atomic E-state index is 11.7. The Labute approximate surface area is 116 Å². The van der Waals surface area contributed by atoms with Crippen LogP contribution in [0.4, 0.5) is 0 Å². The monoisotopic (exact) mass is 278 g/mol. The van der Waals surface area contributed by atoms with Crippen molar-refractivity contribution in [2.45, 2.75) is 51.2 Å². The number of benzene rings is 1. The van der Waals surface area contributed by atoms with Gasteiger partial charge in [-0.1, -0.05) is 6.92 Å². The highest BCUT2D eigenvalue weighted by Gasteiger charge is 2.45. The molecule has 108 valence electrons. The third-order valence-corrected chi connectivity index (χ3v) is 4.49. The summed E-state index contributed by atoms with van der Waals surface area (Å²) in [6.45, 7) is 3.36. The van der Waals surface area contributed by atoms with Gasteiger partial charge in [0.1, 0.15) is 6.61 Å². The number of ether oxygens (including phenoxy) is 1. The molecule has 20 heavy (non-hydrogen) atoms. The van der Waals surface area contributed by atoms with Gasteiger partial charge < -0.3 is 20.1 Å². The summed E-state index contributed by atoms with van der Waals surface area (Å²) in [4.78, 5) is 11.7. The number of phenolic OH excluding ortho intramolecular Hbond substituents is 2. The quantitative estimate of drug-likeness (QED) is 0.497. The molecule has 0 saturated heterocycles. The molecule has 3 N–H and O–H groups in total. The standard InChI is InChI=1S/C15H18O5/c1-7-4-3-5-8-10(7)9-6-20-14(18)15(2,19)11(9)13(17)12(8)16/h7,16-17,19H,3-6H2,1-2H3/t7-,15+/m0/s1. The zero-order valence-electron chi connectivity index (χ0n) is 11.6. The lowest BCUT2D eigenvalue weighted by Gasteiger charge is -2.35. The normalized spacial score (nSPS) is 28.6. The van der Waals surface area contributed by atoms with Gasteiger partial charge in [-0.25, -0.2) is 4.79 Å². The first-order valence-corrected chi connectivity index (χ1v) is 6.85. The average molecular weight is 278 g/mol. The second kappa shape index (κ2) is 4.12. The molecule has 0 unspecified atom stereocenters. The van der Waals surface area contributed by atoms with Crippen molar-refractivity contribution >= 4 is 5.97 Å². The maximum atomic E-state index is 11.7. The van der Waals surface area contributed by atoms with E-state index in [0.29, 0.717) is 17.5 Å². The second-order valence-corrected chi connectivity index (χ2v) is 5.88. The molecule has 3 rings (SSSR count). The van der Waals surface area contributed by atoms with Crippen molar-refractivity contribution in [3.05, 3.63) is 22.3 Å². The molecule has 5 heteroatoms. The minimum Gasteiger partial charge on any atom is -0.504 e. The third kappa shape index (κ3) is 1.56. The Hall–Kier alpha value is -1.75. The van der Waals surface area contributed by atoms with Gasteiger partial charge in [-0.05, 0) is 37.7 Å². The number of aromatic hydroxyl groups is 2. The first kappa shape index (κ1) is 13.2. The second-order valence-electron chi connectivity index (χ2n) is 5.88. The SMILES string of the molecule is C[C@H]1CCCc2c(O)c(O)c3c(c21)COC(=O)[C@]3(C)O. The Morgan fingerprint density at radius 1 is 1.25 bits per heavy atom. The summed E-state index contributed by atoms with van der Waals surface area (Å²) in [5.41, 5.74) is 0.440. The van der Waals surface area contributed by atoms with Crippen LogP contribution in [0.5, 0.6) is 11.5 Å². The molecule has 0 fully saturated rings. The number of rotatable bonds is 0. The van der Waals surface area contributed by atoms with Crippen molar-refractivity contribution in [1.82, 2.24) is 0 Å². The summed E-state index contributed by atoms with van der Waals surface area (Å²) in [6.07, 6.45) is 2.60. The molecule has 0 amide bonds. The van der Waals surface area contributed by atoms with Gasteiger partial charge in [0.05, 0.1) is 0 Å². The van der Waals surface area contributed by atoms with Gasteiger partial charge in [0.25, 0.3) is 0 Å². The minimum absolute atomic E-state index is 0.0326. The average Bonchev–Trinajstić information content (AvgIpc) is 2.39. The molecule has 1 heterocycles. The molecule has 0 saturated carbocycles. The van der Waals surface area contributed by atoms with Crippen molar-refractivity contribution in [3.8, 4) is 11.5 Å². The molecule has 0 aromatic heterocycles. The highest BCUT2D eigenvalue weighted by molar-refractivity contribution is 5.85. The number of carbonyl (C=O) groups excluding carboxylic acids is 1. The summed E-state index contributed by atoms with van der Waals surface area (Å²) >= 11 is 0. The fourth-order valence-electron chi connectivity index (χ4n) is 3.48. The van der Waals surface area contributed by atoms with E-state index in [4.69, 9.17) is 4.74 Å². The van der Waals surface area contributed by atoms with E-state index in [-0.39, 0.29) is 23.8 Å². The van der Waals surface area contributed by atoms with Crippen LogP contribution in [-0.4, -0.2) is 21.3 Å². The molecular formula is C15H18O5. The van der Waals surface area contributed by atoms with Crippen LogP contribution in [-0.2, 0) is 28.2 Å². The van der Waals surface area contributed by atoms with E-state index >= 15 is 0 Å². The largest absolute Gasteiger partial charge is 0.504 e. The number of fused-ring (bicyclic) bond motifs is 3. The fourth-order valence-corrected chi connectivity index (χ4v) is 3.48. The van der Waals surface area contributed by atoms with Crippen LogP contribution in [0, 0.1) is 0 Å². The summed E-state index contributed by atoms with van der Waals surface area (Å²) in [7, 11) is 0. The van der Waals surface area contributed by atoms with Crippen LogP contribution in [0.15, 0.2) is 0 Å². The van der Waals surface area contributed by atoms with Gasteiger partial charge in [-0.3, -0.25) is 0 Å². The van der Waals surface area contributed by atoms with Gasteiger partial charge in [0.2, 0.25) is 0 Å². The van der Waals surface area contributed by atoms with E-state index in [1.807, 2.05) is 6.92 Å². The summed E-state index contributed by atoms with van der Waals surface area (Å²) in [6, 6.07) is 0. The molecule has 1 aliphatic heterocycles. The van der Waals surface area contributed by atoms with Crippen molar-refractivity contribution in [2.75, 3.05) is 0 Å². The van der Waals surface area contributed by atoms with Gasteiger partial charge >= 0.3 is 5.97 Å². The first-order valence-electron chi connectivity index (χ1n) is 6.85. The number of hydrogen-bond donors (Lipinski definition) is 3. The number of aliphatic hydroxyl groups is 1. The van der Waals surface area contributed by atoms with Gasteiger partial charge in [-0.2, -0.15) is 0 Å². The van der Waals surface area contributed by atoms with Crippen LogP contribution in [0.25, 0.3) is 0 Å². The summed E-state index contributed by atoms with van der Waals surface area (Å²) in [5, 5.41) is 30.8. The van der Waals surface area contributed by atoms with E-state index in [1.54, 1.807) is 0 Å². The Morgan fingerprint density at radius 3 is 2.65 bits per heavy atom. The molecule has 0 radical (unpaired) electrons. The number of cyclic esters (lactones) is 1. The molecule has 5 nitrogen and oxygen atoms in total. The molecule has 1 aromatic carbocycles. The van der Waals surface area contributed by atoms with Crippen LogP contribution < -0.4 is 0 Å².